The van der Waals surface area contributed by atoms with E-state index in [1.807, 2.05) is 47.5 Å². The van der Waals surface area contributed by atoms with Crippen LogP contribution in [0.15, 0.2) is 60.8 Å². The molecule has 1 fully saturated rings. The summed E-state index contributed by atoms with van der Waals surface area (Å²) in [6.07, 6.45) is 1.63. The van der Waals surface area contributed by atoms with Crippen molar-refractivity contribution >= 4 is 16.7 Å². The van der Waals surface area contributed by atoms with Crippen molar-refractivity contribution in [3.8, 4) is 5.75 Å². The van der Waals surface area contributed by atoms with Crippen molar-refractivity contribution in [1.29, 1.82) is 0 Å². The first-order valence-corrected chi connectivity index (χ1v) is 9.72. The molecular formula is C23H24N2O4. The third-order valence-electron chi connectivity index (χ3n) is 4.99. The van der Waals surface area contributed by atoms with E-state index in [1.54, 1.807) is 19.2 Å². The number of amides is 1. The molecule has 0 bridgehead atoms. The van der Waals surface area contributed by atoms with Gasteiger partial charge in [0.1, 0.15) is 18.5 Å². The number of carbonyl (C=O) groups is 1. The van der Waals surface area contributed by atoms with Crippen LogP contribution in [0.4, 0.5) is 0 Å². The maximum absolute atomic E-state index is 12.9. The molecule has 0 radical (unpaired) electrons. The molecular weight excluding hydrogens is 368 g/mol. The topological polar surface area (TPSA) is 60.9 Å². The molecule has 1 aromatic heterocycles. The highest BCUT2D eigenvalue weighted by Crippen LogP contribution is 2.25. The van der Waals surface area contributed by atoms with E-state index in [9.17, 15) is 4.79 Å². The van der Waals surface area contributed by atoms with Crippen LogP contribution in [0, 0.1) is 0 Å². The predicted octanol–water partition coefficient (Wildman–Crippen LogP) is 3.47. The lowest BCUT2D eigenvalue weighted by Crippen LogP contribution is -2.42. The second kappa shape index (κ2) is 9.03. The van der Waals surface area contributed by atoms with Gasteiger partial charge in [-0.1, -0.05) is 24.3 Å². The lowest BCUT2D eigenvalue weighted by Gasteiger charge is -2.32. The largest absolute Gasteiger partial charge is 0.491 e. The van der Waals surface area contributed by atoms with Gasteiger partial charge in [0, 0.05) is 30.8 Å². The van der Waals surface area contributed by atoms with Crippen LogP contribution < -0.4 is 4.74 Å². The molecule has 1 amide bonds. The number of morpholine rings is 1. The maximum Gasteiger partial charge on any atom is 0.254 e. The Kier molecular flexibility index (Phi) is 6.03. The molecule has 1 saturated heterocycles. The third kappa shape index (κ3) is 4.55. The number of fused-ring (bicyclic) bond motifs is 1. The minimum atomic E-state index is -0.228. The lowest BCUT2D eigenvalue weighted by atomic mass is 10.1. The number of carbonyl (C=O) groups excluding carboxylic acids is 1. The Morgan fingerprint density at radius 1 is 1.14 bits per heavy atom. The number of benzene rings is 2. The third-order valence-corrected chi connectivity index (χ3v) is 4.99. The van der Waals surface area contributed by atoms with Crippen molar-refractivity contribution in [3.05, 3.63) is 72.1 Å². The van der Waals surface area contributed by atoms with Crippen molar-refractivity contribution in [3.63, 3.8) is 0 Å². The van der Waals surface area contributed by atoms with Crippen molar-refractivity contribution in [2.75, 3.05) is 40.0 Å². The van der Waals surface area contributed by atoms with Crippen LogP contribution in [0.25, 0.3) is 10.8 Å². The van der Waals surface area contributed by atoms with Crippen LogP contribution in [0.2, 0.25) is 0 Å². The molecule has 3 aromatic rings. The normalized spacial score (nSPS) is 16.7. The van der Waals surface area contributed by atoms with Gasteiger partial charge in [-0.15, -0.1) is 0 Å². The highest BCUT2D eigenvalue weighted by atomic mass is 16.5. The standard InChI is InChI=1S/C23H24N2O4/c1-27-12-13-28-20-8-6-17(7-9-20)23(26)25-10-11-29-22(16-25)21-14-18-4-2-3-5-19(18)15-24-21/h2-9,14-15,22H,10-13,16H2,1H3. The van der Waals surface area contributed by atoms with Gasteiger partial charge in [0.2, 0.25) is 0 Å². The first kappa shape index (κ1) is 19.4. The number of pyridine rings is 1. The van der Waals surface area contributed by atoms with E-state index in [1.165, 1.54) is 0 Å². The van der Waals surface area contributed by atoms with Crippen molar-refractivity contribution < 1.29 is 19.0 Å². The van der Waals surface area contributed by atoms with Gasteiger partial charge < -0.3 is 19.1 Å². The maximum atomic E-state index is 12.9. The van der Waals surface area contributed by atoms with Crippen LogP contribution in [-0.4, -0.2) is 55.8 Å². The van der Waals surface area contributed by atoms with Gasteiger partial charge in [-0.05, 0) is 35.7 Å². The van der Waals surface area contributed by atoms with Gasteiger partial charge in [-0.25, -0.2) is 0 Å². The monoisotopic (exact) mass is 392 g/mol. The average molecular weight is 392 g/mol. The molecule has 6 nitrogen and oxygen atoms in total. The van der Waals surface area contributed by atoms with E-state index in [0.29, 0.717) is 38.5 Å². The van der Waals surface area contributed by atoms with Crippen molar-refractivity contribution in [1.82, 2.24) is 9.88 Å². The van der Waals surface area contributed by atoms with E-state index in [0.717, 1.165) is 22.2 Å². The molecule has 1 unspecified atom stereocenters. The number of hydrogen-bond donors (Lipinski definition) is 0. The zero-order valence-electron chi connectivity index (χ0n) is 16.4. The summed E-state index contributed by atoms with van der Waals surface area (Å²) in [6, 6.07) is 17.3. The Morgan fingerprint density at radius 3 is 2.72 bits per heavy atom. The van der Waals surface area contributed by atoms with Gasteiger partial charge in [-0.3, -0.25) is 9.78 Å². The highest BCUT2D eigenvalue weighted by Gasteiger charge is 2.27. The van der Waals surface area contributed by atoms with Crippen LogP contribution in [0.5, 0.6) is 5.75 Å². The zero-order chi connectivity index (χ0) is 20.1. The van der Waals surface area contributed by atoms with Gasteiger partial charge in [0.15, 0.2) is 0 Å². The number of rotatable bonds is 6. The summed E-state index contributed by atoms with van der Waals surface area (Å²) in [5.41, 5.74) is 1.49. The quantitative estimate of drug-likeness (QED) is 0.601. The summed E-state index contributed by atoms with van der Waals surface area (Å²) < 4.78 is 16.4. The smallest absolute Gasteiger partial charge is 0.254 e. The fourth-order valence-corrected chi connectivity index (χ4v) is 3.41. The van der Waals surface area contributed by atoms with E-state index in [-0.39, 0.29) is 12.0 Å². The highest BCUT2D eigenvalue weighted by molar-refractivity contribution is 5.94. The lowest BCUT2D eigenvalue weighted by molar-refractivity contribution is -0.0246. The van der Waals surface area contributed by atoms with Crippen molar-refractivity contribution in [2.45, 2.75) is 6.10 Å². The first-order valence-electron chi connectivity index (χ1n) is 9.72. The Morgan fingerprint density at radius 2 is 1.93 bits per heavy atom. The van der Waals surface area contributed by atoms with E-state index in [2.05, 4.69) is 11.1 Å². The number of nitrogens with zero attached hydrogens (tertiary/aromatic N) is 2. The molecule has 150 valence electrons. The van der Waals surface area contributed by atoms with Gasteiger partial charge >= 0.3 is 0 Å². The molecule has 1 atom stereocenters. The van der Waals surface area contributed by atoms with Crippen LogP contribution in [0.1, 0.15) is 22.2 Å². The summed E-state index contributed by atoms with van der Waals surface area (Å²) >= 11 is 0. The van der Waals surface area contributed by atoms with E-state index < -0.39 is 0 Å². The Balaban J connectivity index is 1.43. The zero-order valence-corrected chi connectivity index (χ0v) is 16.4. The van der Waals surface area contributed by atoms with Crippen LogP contribution >= 0.6 is 0 Å². The Hall–Kier alpha value is -2.96. The first-order chi connectivity index (χ1) is 14.2. The molecule has 0 saturated carbocycles. The minimum Gasteiger partial charge on any atom is -0.491 e. The fourth-order valence-electron chi connectivity index (χ4n) is 3.41. The molecule has 2 heterocycles. The Labute approximate surface area is 170 Å². The predicted molar refractivity (Wildman–Crippen MR) is 110 cm³/mol. The molecule has 1 aliphatic rings. The number of ether oxygens (including phenoxy) is 3. The van der Waals surface area contributed by atoms with Gasteiger partial charge in [-0.2, -0.15) is 0 Å². The molecule has 0 spiro atoms. The van der Waals surface area contributed by atoms with Gasteiger partial charge in [0.25, 0.3) is 5.91 Å². The average Bonchev–Trinajstić information content (AvgIpc) is 2.79. The minimum absolute atomic E-state index is 0.0115. The van der Waals surface area contributed by atoms with Crippen LogP contribution in [-0.2, 0) is 9.47 Å². The molecule has 0 N–H and O–H groups in total. The fraction of sp³-hybridized carbons (Fsp3) is 0.304. The summed E-state index contributed by atoms with van der Waals surface area (Å²) in [6.45, 7) is 2.54. The Bertz CT molecular complexity index is 974. The molecule has 6 heteroatoms. The summed E-state index contributed by atoms with van der Waals surface area (Å²) in [5, 5.41) is 2.21. The number of hydrogen-bond acceptors (Lipinski definition) is 5. The van der Waals surface area contributed by atoms with Gasteiger partial charge in [0.05, 0.1) is 25.5 Å². The SMILES string of the molecule is COCCOc1ccc(C(=O)N2CCOC(c3cc4ccccc4cn3)C2)cc1. The van der Waals surface area contributed by atoms with Crippen molar-refractivity contribution in [2.24, 2.45) is 0 Å². The molecule has 1 aliphatic heterocycles. The second-order valence-electron chi connectivity index (χ2n) is 6.93. The number of aromatic nitrogens is 1. The van der Waals surface area contributed by atoms with E-state index in [4.69, 9.17) is 14.2 Å². The summed E-state index contributed by atoms with van der Waals surface area (Å²) in [7, 11) is 1.63. The van der Waals surface area contributed by atoms with Crippen LogP contribution in [0.3, 0.4) is 0 Å². The molecule has 4 rings (SSSR count). The molecule has 2 aromatic carbocycles. The van der Waals surface area contributed by atoms with E-state index >= 15 is 0 Å². The summed E-state index contributed by atoms with van der Waals surface area (Å²) in [5.74, 6) is 0.710. The summed E-state index contributed by atoms with van der Waals surface area (Å²) in [4.78, 5) is 19.3. The second-order valence-corrected chi connectivity index (χ2v) is 6.93. The number of methoxy groups -OCH3 is 1. The molecule has 29 heavy (non-hydrogen) atoms. The molecule has 0 aliphatic carbocycles.